The number of hydrogen-bond acceptors (Lipinski definition) is 5. The fraction of sp³-hybridized carbons (Fsp3) is 0.429. The molecule has 0 unspecified atom stereocenters. The van der Waals surface area contributed by atoms with Gasteiger partial charge in [0.05, 0.1) is 17.2 Å². The lowest BCUT2D eigenvalue weighted by molar-refractivity contribution is 0.129. The number of thioether (sulfide) groups is 1. The lowest BCUT2D eigenvalue weighted by Gasteiger charge is -2.14. The van der Waals surface area contributed by atoms with E-state index in [0.29, 0.717) is 0 Å². The largest absolute Gasteiger partial charge is 0.377 e. The normalized spacial score (nSPS) is 19.1. The summed E-state index contributed by atoms with van der Waals surface area (Å²) in [5.41, 5.74) is 3.40. The number of rotatable bonds is 4. The third-order valence-electron chi connectivity index (χ3n) is 5.42. The molecular formula is C21H22N2O2S2. The third kappa shape index (κ3) is 3.13. The standard InChI is InChI=1S/C21H22N2O2S2/c1-13-7-9-14(10-8-13)23-20(24)18-16-5-2-6-17(16)27-19(18)22-21(23)26-12-15-4-3-11-25-15/h7-10,15H,2-6,11-12H2,1H3/t15-/m0/s1. The average Bonchev–Trinajstić information content (AvgIpc) is 3.38. The van der Waals surface area contributed by atoms with Gasteiger partial charge >= 0.3 is 0 Å². The fourth-order valence-electron chi connectivity index (χ4n) is 3.99. The van der Waals surface area contributed by atoms with E-state index in [1.54, 1.807) is 23.1 Å². The summed E-state index contributed by atoms with van der Waals surface area (Å²) < 4.78 is 7.58. The fourth-order valence-corrected chi connectivity index (χ4v) is 6.37. The summed E-state index contributed by atoms with van der Waals surface area (Å²) >= 11 is 3.36. The molecule has 2 aromatic heterocycles. The van der Waals surface area contributed by atoms with Gasteiger partial charge in [0.2, 0.25) is 0 Å². The zero-order chi connectivity index (χ0) is 18.4. The van der Waals surface area contributed by atoms with E-state index in [1.165, 1.54) is 16.0 Å². The third-order valence-corrected chi connectivity index (χ3v) is 7.68. The van der Waals surface area contributed by atoms with E-state index in [-0.39, 0.29) is 11.7 Å². The highest BCUT2D eigenvalue weighted by Crippen LogP contribution is 2.36. The van der Waals surface area contributed by atoms with Crippen molar-refractivity contribution in [3.8, 4) is 5.69 Å². The molecule has 140 valence electrons. The molecule has 3 aromatic rings. The highest BCUT2D eigenvalue weighted by molar-refractivity contribution is 7.99. The summed E-state index contributed by atoms with van der Waals surface area (Å²) in [4.78, 5) is 20.7. The SMILES string of the molecule is Cc1ccc(-n2c(SC[C@@H]3CCCO3)nc3sc4c(c3c2=O)CCC4)cc1. The van der Waals surface area contributed by atoms with Crippen LogP contribution in [0.4, 0.5) is 0 Å². The van der Waals surface area contributed by atoms with Crippen molar-refractivity contribution >= 4 is 33.3 Å². The summed E-state index contributed by atoms with van der Waals surface area (Å²) in [6.45, 7) is 2.91. The maximum absolute atomic E-state index is 13.5. The number of fused-ring (bicyclic) bond motifs is 3. The van der Waals surface area contributed by atoms with E-state index >= 15 is 0 Å². The average molecular weight is 399 g/mol. The molecule has 3 heterocycles. The smallest absolute Gasteiger partial charge is 0.267 e. The molecule has 1 atom stereocenters. The summed E-state index contributed by atoms with van der Waals surface area (Å²) in [6.07, 6.45) is 5.72. The van der Waals surface area contributed by atoms with E-state index in [9.17, 15) is 4.79 Å². The van der Waals surface area contributed by atoms with E-state index in [0.717, 1.165) is 65.5 Å². The molecule has 6 heteroatoms. The highest BCUT2D eigenvalue weighted by Gasteiger charge is 2.24. The first-order chi connectivity index (χ1) is 13.2. The Morgan fingerprint density at radius 3 is 2.89 bits per heavy atom. The number of thiophene rings is 1. The summed E-state index contributed by atoms with van der Waals surface area (Å²) in [5.74, 6) is 0.842. The quantitative estimate of drug-likeness (QED) is 0.479. The minimum Gasteiger partial charge on any atom is -0.377 e. The van der Waals surface area contributed by atoms with Crippen LogP contribution in [0.3, 0.4) is 0 Å². The first-order valence-electron chi connectivity index (χ1n) is 9.59. The van der Waals surface area contributed by atoms with Gasteiger partial charge in [0.1, 0.15) is 4.83 Å². The molecule has 1 saturated heterocycles. The van der Waals surface area contributed by atoms with Gasteiger partial charge in [0.15, 0.2) is 5.16 Å². The van der Waals surface area contributed by atoms with Crippen molar-refractivity contribution in [2.24, 2.45) is 0 Å². The van der Waals surface area contributed by atoms with E-state index in [1.807, 2.05) is 16.7 Å². The first-order valence-corrected chi connectivity index (χ1v) is 11.4. The molecule has 27 heavy (non-hydrogen) atoms. The van der Waals surface area contributed by atoms with Crippen LogP contribution in [0.15, 0.2) is 34.2 Å². The van der Waals surface area contributed by atoms with Crippen molar-refractivity contribution in [1.29, 1.82) is 0 Å². The van der Waals surface area contributed by atoms with Crippen LogP contribution in [0.2, 0.25) is 0 Å². The molecule has 1 fully saturated rings. The minimum absolute atomic E-state index is 0.0816. The molecule has 1 aliphatic carbocycles. The predicted octanol–water partition coefficient (Wildman–Crippen LogP) is 4.52. The predicted molar refractivity (Wildman–Crippen MR) is 112 cm³/mol. The van der Waals surface area contributed by atoms with Gasteiger partial charge in [-0.1, -0.05) is 29.5 Å². The lowest BCUT2D eigenvalue weighted by atomic mass is 10.2. The molecule has 0 bridgehead atoms. The maximum Gasteiger partial charge on any atom is 0.267 e. The number of aryl methyl sites for hydroxylation is 3. The van der Waals surface area contributed by atoms with Gasteiger partial charge in [-0.3, -0.25) is 9.36 Å². The Kier molecular flexibility index (Phi) is 4.58. The molecule has 0 saturated carbocycles. The molecule has 0 amide bonds. The number of nitrogens with zero attached hydrogens (tertiary/aromatic N) is 2. The molecule has 0 radical (unpaired) electrons. The Morgan fingerprint density at radius 2 is 2.11 bits per heavy atom. The lowest BCUT2D eigenvalue weighted by Crippen LogP contribution is -2.22. The topological polar surface area (TPSA) is 44.1 Å². The van der Waals surface area contributed by atoms with E-state index in [4.69, 9.17) is 9.72 Å². The van der Waals surface area contributed by atoms with Gasteiger partial charge in [-0.05, 0) is 56.7 Å². The molecule has 1 aromatic carbocycles. The van der Waals surface area contributed by atoms with Crippen LogP contribution in [-0.4, -0.2) is 28.0 Å². The second-order valence-electron chi connectivity index (χ2n) is 7.35. The Balaban J connectivity index is 1.65. The zero-order valence-corrected chi connectivity index (χ0v) is 17.0. The van der Waals surface area contributed by atoms with Gasteiger partial charge in [-0.25, -0.2) is 4.98 Å². The van der Waals surface area contributed by atoms with Gasteiger partial charge < -0.3 is 4.74 Å². The van der Waals surface area contributed by atoms with Gasteiger partial charge in [-0.15, -0.1) is 11.3 Å². The Labute approximate surface area is 166 Å². The maximum atomic E-state index is 13.5. The van der Waals surface area contributed by atoms with Crippen molar-refractivity contribution in [3.05, 3.63) is 50.6 Å². The van der Waals surface area contributed by atoms with Crippen molar-refractivity contribution in [2.75, 3.05) is 12.4 Å². The van der Waals surface area contributed by atoms with Crippen molar-refractivity contribution in [2.45, 2.75) is 50.3 Å². The molecule has 0 N–H and O–H groups in total. The Hall–Kier alpha value is -1.63. The molecule has 0 spiro atoms. The van der Waals surface area contributed by atoms with Crippen LogP contribution in [0, 0.1) is 6.92 Å². The monoisotopic (exact) mass is 398 g/mol. The second kappa shape index (κ2) is 7.08. The van der Waals surface area contributed by atoms with Crippen LogP contribution in [-0.2, 0) is 17.6 Å². The van der Waals surface area contributed by atoms with Crippen LogP contribution in [0.1, 0.15) is 35.3 Å². The summed E-state index contributed by atoms with van der Waals surface area (Å²) in [6, 6.07) is 8.15. The van der Waals surface area contributed by atoms with E-state index < -0.39 is 0 Å². The molecular weight excluding hydrogens is 376 g/mol. The van der Waals surface area contributed by atoms with Gasteiger partial charge in [-0.2, -0.15) is 0 Å². The molecule has 1 aliphatic heterocycles. The first kappa shape index (κ1) is 17.5. The summed E-state index contributed by atoms with van der Waals surface area (Å²) in [5, 5.41) is 1.63. The van der Waals surface area contributed by atoms with Crippen molar-refractivity contribution in [1.82, 2.24) is 9.55 Å². The minimum atomic E-state index is 0.0816. The zero-order valence-electron chi connectivity index (χ0n) is 15.4. The molecule has 2 aliphatic rings. The van der Waals surface area contributed by atoms with Crippen LogP contribution < -0.4 is 5.56 Å². The van der Waals surface area contributed by atoms with Crippen LogP contribution in [0.5, 0.6) is 0 Å². The van der Waals surface area contributed by atoms with Gasteiger partial charge in [0.25, 0.3) is 5.56 Å². The number of aromatic nitrogens is 2. The van der Waals surface area contributed by atoms with Gasteiger partial charge in [0, 0.05) is 17.2 Å². The van der Waals surface area contributed by atoms with Crippen molar-refractivity contribution < 1.29 is 4.74 Å². The summed E-state index contributed by atoms with van der Waals surface area (Å²) in [7, 11) is 0. The number of hydrogen-bond donors (Lipinski definition) is 0. The van der Waals surface area contributed by atoms with Crippen LogP contribution >= 0.6 is 23.1 Å². The number of benzene rings is 1. The molecule has 5 rings (SSSR count). The van der Waals surface area contributed by atoms with Crippen molar-refractivity contribution in [3.63, 3.8) is 0 Å². The molecule has 4 nitrogen and oxygen atoms in total. The highest BCUT2D eigenvalue weighted by atomic mass is 32.2. The van der Waals surface area contributed by atoms with Crippen LogP contribution in [0.25, 0.3) is 15.9 Å². The number of ether oxygens (including phenoxy) is 1. The van der Waals surface area contributed by atoms with E-state index in [2.05, 4.69) is 19.1 Å². The Morgan fingerprint density at radius 1 is 1.26 bits per heavy atom. The second-order valence-corrected chi connectivity index (χ2v) is 9.42. The Bertz CT molecular complexity index is 1050.